The van der Waals surface area contributed by atoms with E-state index in [-0.39, 0.29) is 6.54 Å². The van der Waals surface area contributed by atoms with Gasteiger partial charge in [-0.1, -0.05) is 12.1 Å². The molecule has 0 aromatic carbocycles. The van der Waals surface area contributed by atoms with Gasteiger partial charge in [0.05, 0.1) is 6.21 Å². The van der Waals surface area contributed by atoms with Crippen LogP contribution in [0.25, 0.3) is 0 Å². The van der Waals surface area contributed by atoms with Crippen LogP contribution in [0.15, 0.2) is 35.3 Å². The third-order valence-corrected chi connectivity index (χ3v) is 2.32. The van der Waals surface area contributed by atoms with E-state index in [1.165, 1.54) is 23.6 Å². The lowest BCUT2D eigenvalue weighted by Crippen LogP contribution is -2.37. The van der Waals surface area contributed by atoms with Crippen molar-refractivity contribution in [1.82, 2.24) is 10.7 Å². The summed E-state index contributed by atoms with van der Waals surface area (Å²) < 4.78 is 0. The van der Waals surface area contributed by atoms with E-state index in [2.05, 4.69) is 22.4 Å². The van der Waals surface area contributed by atoms with Crippen LogP contribution in [-0.4, -0.2) is 24.6 Å². The minimum atomic E-state index is -0.797. The average Bonchev–Trinajstić information content (AvgIpc) is 2.78. The fourth-order valence-electron chi connectivity index (χ4n) is 0.815. The highest BCUT2D eigenvalue weighted by molar-refractivity contribution is 7.11. The molecule has 84 valence electrons. The van der Waals surface area contributed by atoms with Gasteiger partial charge in [-0.15, -0.1) is 17.9 Å². The molecule has 1 aromatic heterocycles. The van der Waals surface area contributed by atoms with E-state index < -0.39 is 11.8 Å². The Hall–Kier alpha value is -1.95. The van der Waals surface area contributed by atoms with E-state index in [0.29, 0.717) is 0 Å². The summed E-state index contributed by atoms with van der Waals surface area (Å²) in [6.07, 6.45) is 2.96. The van der Waals surface area contributed by atoms with Gasteiger partial charge in [0, 0.05) is 11.4 Å². The van der Waals surface area contributed by atoms with Gasteiger partial charge in [0.25, 0.3) is 0 Å². The highest BCUT2D eigenvalue weighted by atomic mass is 32.1. The van der Waals surface area contributed by atoms with Crippen LogP contribution >= 0.6 is 11.3 Å². The SMILES string of the molecule is C=CCNC(=O)C(=O)NN=Cc1cccs1. The number of carbonyl (C=O) groups is 2. The second-order valence-electron chi connectivity index (χ2n) is 2.71. The first-order chi connectivity index (χ1) is 7.74. The summed E-state index contributed by atoms with van der Waals surface area (Å²) in [7, 11) is 0. The molecule has 0 radical (unpaired) electrons. The first-order valence-electron chi connectivity index (χ1n) is 4.49. The summed E-state index contributed by atoms with van der Waals surface area (Å²) in [4.78, 5) is 23.1. The van der Waals surface area contributed by atoms with Crippen LogP contribution in [0.4, 0.5) is 0 Å². The molecule has 0 aliphatic heterocycles. The Morgan fingerprint density at radius 3 is 2.94 bits per heavy atom. The van der Waals surface area contributed by atoms with E-state index in [9.17, 15) is 9.59 Å². The molecule has 6 heteroatoms. The number of hydrogen-bond acceptors (Lipinski definition) is 4. The molecule has 0 bridgehead atoms. The summed E-state index contributed by atoms with van der Waals surface area (Å²) in [5.41, 5.74) is 2.12. The number of rotatable bonds is 4. The lowest BCUT2D eigenvalue weighted by Gasteiger charge is -1.99. The lowest BCUT2D eigenvalue weighted by atomic mass is 10.5. The Morgan fingerprint density at radius 2 is 2.31 bits per heavy atom. The van der Waals surface area contributed by atoms with Gasteiger partial charge < -0.3 is 5.32 Å². The smallest absolute Gasteiger partial charge is 0.329 e. The van der Waals surface area contributed by atoms with Gasteiger partial charge in [0.15, 0.2) is 0 Å². The Labute approximate surface area is 96.9 Å². The van der Waals surface area contributed by atoms with Gasteiger partial charge in [0.2, 0.25) is 0 Å². The Morgan fingerprint density at radius 1 is 1.50 bits per heavy atom. The molecule has 16 heavy (non-hydrogen) atoms. The van der Waals surface area contributed by atoms with Crippen LogP contribution in [0.3, 0.4) is 0 Å². The molecule has 0 aliphatic rings. The molecule has 5 nitrogen and oxygen atoms in total. The Bertz CT molecular complexity index is 398. The second kappa shape index (κ2) is 6.52. The molecule has 1 rings (SSSR count). The summed E-state index contributed by atoms with van der Waals surface area (Å²) >= 11 is 1.48. The van der Waals surface area contributed by atoms with Crippen molar-refractivity contribution in [2.45, 2.75) is 0 Å². The Kier molecular flexibility index (Phi) is 4.94. The van der Waals surface area contributed by atoms with Crippen molar-refractivity contribution in [3.8, 4) is 0 Å². The van der Waals surface area contributed by atoms with Crippen LogP contribution < -0.4 is 10.7 Å². The number of amides is 2. The third kappa shape index (κ3) is 4.05. The third-order valence-electron chi connectivity index (χ3n) is 1.51. The minimum Gasteiger partial charge on any atom is -0.344 e. The Balaban J connectivity index is 2.34. The van der Waals surface area contributed by atoms with Gasteiger partial charge in [-0.3, -0.25) is 9.59 Å². The quantitative estimate of drug-likeness (QED) is 0.346. The number of hydrogen-bond donors (Lipinski definition) is 2. The highest BCUT2D eigenvalue weighted by Gasteiger charge is 2.10. The van der Waals surface area contributed by atoms with E-state index >= 15 is 0 Å². The molecule has 1 heterocycles. The normalized spacial score (nSPS) is 10.0. The molecule has 0 saturated carbocycles. The van der Waals surface area contributed by atoms with Crippen LogP contribution in [-0.2, 0) is 9.59 Å². The van der Waals surface area contributed by atoms with Gasteiger partial charge in [-0.2, -0.15) is 5.10 Å². The molecule has 0 fully saturated rings. The fourth-order valence-corrected chi connectivity index (χ4v) is 1.40. The van der Waals surface area contributed by atoms with Gasteiger partial charge in [0.1, 0.15) is 0 Å². The number of carbonyl (C=O) groups excluding carboxylic acids is 2. The first-order valence-corrected chi connectivity index (χ1v) is 5.37. The van der Waals surface area contributed by atoms with Crippen molar-refractivity contribution in [3.05, 3.63) is 35.0 Å². The molecule has 0 spiro atoms. The van der Waals surface area contributed by atoms with Crippen LogP contribution in [0.5, 0.6) is 0 Å². The average molecular weight is 237 g/mol. The van der Waals surface area contributed by atoms with Gasteiger partial charge >= 0.3 is 11.8 Å². The van der Waals surface area contributed by atoms with Crippen molar-refractivity contribution in [3.63, 3.8) is 0 Å². The molecule has 0 atom stereocenters. The number of thiophene rings is 1. The number of hydrazone groups is 1. The van der Waals surface area contributed by atoms with E-state index in [4.69, 9.17) is 0 Å². The predicted octanol–water partition coefficient (Wildman–Crippen LogP) is 0.500. The summed E-state index contributed by atoms with van der Waals surface area (Å²) in [5.74, 6) is -1.53. The maximum atomic E-state index is 11.1. The van der Waals surface area contributed by atoms with E-state index in [0.717, 1.165) is 4.88 Å². The standard InChI is InChI=1S/C10H11N3O2S/c1-2-5-11-9(14)10(15)13-12-7-8-4-3-6-16-8/h2-4,6-7H,1,5H2,(H,11,14)(H,13,15). The minimum absolute atomic E-state index is 0.251. The largest absolute Gasteiger partial charge is 0.344 e. The number of nitrogens with one attached hydrogen (secondary N) is 2. The zero-order valence-electron chi connectivity index (χ0n) is 8.47. The molecular weight excluding hydrogens is 226 g/mol. The molecule has 1 aromatic rings. The fraction of sp³-hybridized carbons (Fsp3) is 0.100. The predicted molar refractivity (Wildman–Crippen MR) is 63.3 cm³/mol. The van der Waals surface area contributed by atoms with E-state index in [1.54, 1.807) is 0 Å². The molecular formula is C10H11N3O2S. The summed E-state index contributed by atoms with van der Waals surface area (Å²) in [5, 5.41) is 7.87. The molecule has 2 amide bonds. The van der Waals surface area contributed by atoms with Crippen LogP contribution in [0.1, 0.15) is 4.88 Å². The van der Waals surface area contributed by atoms with Crippen LogP contribution in [0, 0.1) is 0 Å². The van der Waals surface area contributed by atoms with E-state index in [1.807, 2.05) is 17.5 Å². The zero-order chi connectivity index (χ0) is 11.8. The molecule has 0 unspecified atom stereocenters. The topological polar surface area (TPSA) is 70.6 Å². The first kappa shape index (κ1) is 12.1. The van der Waals surface area contributed by atoms with Crippen molar-refractivity contribution in [1.29, 1.82) is 0 Å². The zero-order valence-corrected chi connectivity index (χ0v) is 9.29. The van der Waals surface area contributed by atoms with Crippen molar-refractivity contribution in [2.24, 2.45) is 5.10 Å². The summed E-state index contributed by atoms with van der Waals surface area (Å²) in [6, 6.07) is 3.71. The van der Waals surface area contributed by atoms with Crippen molar-refractivity contribution in [2.75, 3.05) is 6.54 Å². The maximum Gasteiger partial charge on any atom is 0.329 e. The van der Waals surface area contributed by atoms with Crippen molar-refractivity contribution < 1.29 is 9.59 Å². The monoisotopic (exact) mass is 237 g/mol. The molecule has 0 saturated heterocycles. The molecule has 2 N–H and O–H groups in total. The second-order valence-corrected chi connectivity index (χ2v) is 3.69. The van der Waals surface area contributed by atoms with Gasteiger partial charge in [-0.25, -0.2) is 5.43 Å². The van der Waals surface area contributed by atoms with Crippen molar-refractivity contribution >= 4 is 29.4 Å². The number of nitrogens with zero attached hydrogens (tertiary/aromatic N) is 1. The van der Waals surface area contributed by atoms with Crippen LogP contribution in [0.2, 0.25) is 0 Å². The highest BCUT2D eigenvalue weighted by Crippen LogP contribution is 2.03. The molecule has 0 aliphatic carbocycles. The van der Waals surface area contributed by atoms with Gasteiger partial charge in [-0.05, 0) is 11.4 Å². The summed E-state index contributed by atoms with van der Waals surface area (Å²) in [6.45, 7) is 3.66. The lowest BCUT2D eigenvalue weighted by molar-refractivity contribution is -0.139. The maximum absolute atomic E-state index is 11.1.